The Morgan fingerprint density at radius 2 is 1.78 bits per heavy atom. The highest BCUT2D eigenvalue weighted by atomic mass is 16.7. The standard InChI is InChI=1S/C17H18N2O4/c1-11(18-12-3-6-14(21-2)7-4-12)17(20)19-13-5-8-15-16(9-13)23-10-22-15/h3-9,11,18H,10H2,1-2H3,(H,19,20)/t11-/m1/s1. The van der Waals surface area contributed by atoms with Crippen molar-refractivity contribution in [3.63, 3.8) is 0 Å². The molecule has 0 unspecified atom stereocenters. The summed E-state index contributed by atoms with van der Waals surface area (Å²) in [6.45, 7) is 2.01. The number of fused-ring (bicyclic) bond motifs is 1. The van der Waals surface area contributed by atoms with Gasteiger partial charge in [0.15, 0.2) is 11.5 Å². The van der Waals surface area contributed by atoms with Gasteiger partial charge in [-0.15, -0.1) is 0 Å². The first kappa shape index (κ1) is 15.0. The maximum absolute atomic E-state index is 12.3. The molecule has 0 radical (unpaired) electrons. The van der Waals surface area contributed by atoms with Crippen LogP contribution >= 0.6 is 0 Å². The summed E-state index contributed by atoms with van der Waals surface area (Å²) in [5.74, 6) is 1.96. The van der Waals surface area contributed by atoms with Crippen molar-refractivity contribution in [2.24, 2.45) is 0 Å². The summed E-state index contributed by atoms with van der Waals surface area (Å²) in [5, 5.41) is 5.99. The van der Waals surface area contributed by atoms with Gasteiger partial charge in [-0.2, -0.15) is 0 Å². The second kappa shape index (κ2) is 6.48. The van der Waals surface area contributed by atoms with Crippen LogP contribution in [0.5, 0.6) is 17.2 Å². The van der Waals surface area contributed by atoms with Gasteiger partial charge in [-0.1, -0.05) is 0 Å². The van der Waals surface area contributed by atoms with Crippen LogP contribution in [0.2, 0.25) is 0 Å². The van der Waals surface area contributed by atoms with E-state index in [9.17, 15) is 4.79 Å². The Labute approximate surface area is 134 Å². The molecule has 23 heavy (non-hydrogen) atoms. The molecule has 1 heterocycles. The topological polar surface area (TPSA) is 68.8 Å². The third-order valence-corrected chi connectivity index (χ3v) is 3.51. The number of carbonyl (C=O) groups excluding carboxylic acids is 1. The van der Waals surface area contributed by atoms with Gasteiger partial charge in [0, 0.05) is 17.4 Å². The predicted octanol–water partition coefficient (Wildman–Crippen LogP) is 2.86. The molecule has 6 nitrogen and oxygen atoms in total. The lowest BCUT2D eigenvalue weighted by Crippen LogP contribution is -2.31. The summed E-state index contributed by atoms with van der Waals surface area (Å²) in [4.78, 5) is 12.3. The molecule has 0 aromatic heterocycles. The Balaban J connectivity index is 1.60. The summed E-state index contributed by atoms with van der Waals surface area (Å²) < 4.78 is 15.7. The number of carbonyl (C=O) groups is 1. The molecule has 2 aromatic carbocycles. The van der Waals surface area contributed by atoms with Gasteiger partial charge in [-0.05, 0) is 43.3 Å². The molecule has 0 bridgehead atoms. The van der Waals surface area contributed by atoms with Crippen LogP contribution in [-0.2, 0) is 4.79 Å². The molecule has 2 N–H and O–H groups in total. The van der Waals surface area contributed by atoms with Crippen LogP contribution in [0.1, 0.15) is 6.92 Å². The van der Waals surface area contributed by atoms with Crippen molar-refractivity contribution in [3.05, 3.63) is 42.5 Å². The van der Waals surface area contributed by atoms with Gasteiger partial charge in [0.1, 0.15) is 11.8 Å². The lowest BCUT2D eigenvalue weighted by atomic mass is 10.2. The van der Waals surface area contributed by atoms with E-state index in [4.69, 9.17) is 14.2 Å². The Hall–Kier alpha value is -2.89. The number of benzene rings is 2. The van der Waals surface area contributed by atoms with E-state index in [1.54, 1.807) is 32.2 Å². The number of ether oxygens (including phenoxy) is 3. The summed E-state index contributed by atoms with van der Waals surface area (Å²) in [6, 6.07) is 12.3. The zero-order valence-corrected chi connectivity index (χ0v) is 13.0. The first-order chi connectivity index (χ1) is 11.2. The van der Waals surface area contributed by atoms with Crippen molar-refractivity contribution >= 4 is 17.3 Å². The number of hydrogen-bond donors (Lipinski definition) is 2. The van der Waals surface area contributed by atoms with Crippen molar-refractivity contribution in [3.8, 4) is 17.2 Å². The monoisotopic (exact) mass is 314 g/mol. The highest BCUT2D eigenvalue weighted by Gasteiger charge is 2.16. The summed E-state index contributed by atoms with van der Waals surface area (Å²) >= 11 is 0. The molecule has 1 aliphatic rings. The zero-order valence-electron chi connectivity index (χ0n) is 13.0. The van der Waals surface area contributed by atoms with Crippen molar-refractivity contribution in [1.29, 1.82) is 0 Å². The van der Waals surface area contributed by atoms with E-state index in [-0.39, 0.29) is 12.7 Å². The molecule has 2 aromatic rings. The lowest BCUT2D eigenvalue weighted by Gasteiger charge is -2.15. The van der Waals surface area contributed by atoms with Gasteiger partial charge in [-0.25, -0.2) is 0 Å². The number of amides is 1. The van der Waals surface area contributed by atoms with E-state index in [1.165, 1.54) is 0 Å². The number of hydrogen-bond acceptors (Lipinski definition) is 5. The minimum Gasteiger partial charge on any atom is -0.497 e. The molecule has 0 saturated heterocycles. The van der Waals surface area contributed by atoms with Crippen LogP contribution in [-0.4, -0.2) is 25.9 Å². The van der Waals surface area contributed by atoms with E-state index in [0.29, 0.717) is 17.2 Å². The molecule has 1 atom stereocenters. The van der Waals surface area contributed by atoms with E-state index in [1.807, 2.05) is 24.3 Å². The first-order valence-corrected chi connectivity index (χ1v) is 7.27. The third kappa shape index (κ3) is 3.48. The molecular weight excluding hydrogens is 296 g/mol. The summed E-state index contributed by atoms with van der Waals surface area (Å²) in [7, 11) is 1.61. The lowest BCUT2D eigenvalue weighted by molar-refractivity contribution is -0.116. The Bertz CT molecular complexity index is 700. The van der Waals surface area contributed by atoms with E-state index in [2.05, 4.69) is 10.6 Å². The van der Waals surface area contributed by atoms with Crippen molar-refractivity contribution < 1.29 is 19.0 Å². The average Bonchev–Trinajstić information content (AvgIpc) is 3.03. The Kier molecular flexibility index (Phi) is 4.23. The van der Waals surface area contributed by atoms with Gasteiger partial charge in [0.2, 0.25) is 12.7 Å². The van der Waals surface area contributed by atoms with E-state index >= 15 is 0 Å². The maximum atomic E-state index is 12.3. The third-order valence-electron chi connectivity index (χ3n) is 3.51. The molecule has 6 heteroatoms. The SMILES string of the molecule is COc1ccc(N[C@H](C)C(=O)Nc2ccc3c(c2)OCO3)cc1. The number of nitrogens with one attached hydrogen (secondary N) is 2. The largest absolute Gasteiger partial charge is 0.497 e. The van der Waals surface area contributed by atoms with Crippen LogP contribution in [0.25, 0.3) is 0 Å². The Morgan fingerprint density at radius 3 is 2.52 bits per heavy atom. The van der Waals surface area contributed by atoms with Crippen LogP contribution in [0, 0.1) is 0 Å². The number of methoxy groups -OCH3 is 1. The van der Waals surface area contributed by atoms with Gasteiger partial charge < -0.3 is 24.8 Å². The molecule has 0 aliphatic carbocycles. The fraction of sp³-hybridized carbons (Fsp3) is 0.235. The molecule has 3 rings (SSSR count). The summed E-state index contributed by atoms with van der Waals surface area (Å²) in [5.41, 5.74) is 1.52. The van der Waals surface area contributed by atoms with Gasteiger partial charge in [0.05, 0.1) is 7.11 Å². The fourth-order valence-corrected chi connectivity index (χ4v) is 2.23. The predicted molar refractivity (Wildman–Crippen MR) is 87.3 cm³/mol. The van der Waals surface area contributed by atoms with E-state index < -0.39 is 6.04 Å². The molecule has 0 fully saturated rings. The quantitative estimate of drug-likeness (QED) is 0.888. The van der Waals surface area contributed by atoms with Crippen molar-refractivity contribution in [2.45, 2.75) is 13.0 Å². The van der Waals surface area contributed by atoms with Crippen LogP contribution in [0.3, 0.4) is 0 Å². The van der Waals surface area contributed by atoms with Gasteiger partial charge in [-0.3, -0.25) is 4.79 Å². The van der Waals surface area contributed by atoms with E-state index in [0.717, 1.165) is 11.4 Å². The molecule has 0 spiro atoms. The zero-order chi connectivity index (χ0) is 16.2. The molecule has 1 amide bonds. The minimum atomic E-state index is -0.395. The van der Waals surface area contributed by atoms with Gasteiger partial charge in [0.25, 0.3) is 0 Å². The highest BCUT2D eigenvalue weighted by Crippen LogP contribution is 2.34. The van der Waals surface area contributed by atoms with Crippen LogP contribution < -0.4 is 24.8 Å². The molecule has 1 aliphatic heterocycles. The van der Waals surface area contributed by atoms with Crippen LogP contribution in [0.4, 0.5) is 11.4 Å². The average molecular weight is 314 g/mol. The normalized spacial score (nSPS) is 13.3. The van der Waals surface area contributed by atoms with Crippen molar-refractivity contribution in [1.82, 2.24) is 0 Å². The van der Waals surface area contributed by atoms with Gasteiger partial charge >= 0.3 is 0 Å². The Morgan fingerprint density at radius 1 is 1.09 bits per heavy atom. The molecular formula is C17H18N2O4. The minimum absolute atomic E-state index is 0.139. The summed E-state index contributed by atoms with van der Waals surface area (Å²) in [6.07, 6.45) is 0. The fourth-order valence-electron chi connectivity index (χ4n) is 2.23. The first-order valence-electron chi connectivity index (χ1n) is 7.27. The second-order valence-electron chi connectivity index (χ2n) is 5.15. The molecule has 0 saturated carbocycles. The van der Waals surface area contributed by atoms with Crippen LogP contribution in [0.15, 0.2) is 42.5 Å². The number of anilines is 2. The maximum Gasteiger partial charge on any atom is 0.246 e. The number of rotatable bonds is 5. The van der Waals surface area contributed by atoms with Crippen molar-refractivity contribution in [2.75, 3.05) is 24.5 Å². The second-order valence-corrected chi connectivity index (χ2v) is 5.15. The smallest absolute Gasteiger partial charge is 0.246 e. The molecule has 120 valence electrons. The highest BCUT2D eigenvalue weighted by molar-refractivity contribution is 5.96.